The largest absolute Gasteiger partial charge is 0.508 e. The number of hydrogen-bond donors (Lipinski definition) is 3. The summed E-state index contributed by atoms with van der Waals surface area (Å²) < 4.78 is 0. The average Bonchev–Trinajstić information content (AvgIpc) is 2.52. The number of nitrogens with zero attached hydrogens (tertiary/aromatic N) is 3. The van der Waals surface area contributed by atoms with E-state index >= 15 is 0 Å². The van der Waals surface area contributed by atoms with Crippen molar-refractivity contribution in [3.63, 3.8) is 0 Å². The molecule has 0 atom stereocenters. The second kappa shape index (κ2) is 6.69. The molecule has 2 aromatic rings. The van der Waals surface area contributed by atoms with Gasteiger partial charge in [0.15, 0.2) is 0 Å². The quantitative estimate of drug-likeness (QED) is 0.723. The zero-order valence-corrected chi connectivity index (χ0v) is 12.5. The fourth-order valence-corrected chi connectivity index (χ4v) is 2.70. The minimum Gasteiger partial charge on any atom is -0.508 e. The van der Waals surface area contributed by atoms with Gasteiger partial charge < -0.3 is 15.9 Å². The molecule has 1 heterocycles. The molecule has 2 rings (SSSR count). The van der Waals surface area contributed by atoms with Crippen LogP contribution in [0.25, 0.3) is 11.1 Å². The van der Waals surface area contributed by atoms with Crippen molar-refractivity contribution < 1.29 is 15.0 Å². The molecular formula is C15H10N4O3S. The third kappa shape index (κ3) is 3.34. The number of phenolic OH excluding ortho intramolecular Hbond substituents is 1. The predicted octanol–water partition coefficient (Wildman–Crippen LogP) is 1.96. The first-order chi connectivity index (χ1) is 11.0. The Bertz CT molecular complexity index is 868. The number of benzene rings is 1. The molecule has 0 saturated carbocycles. The average molecular weight is 326 g/mol. The molecule has 114 valence electrons. The molecule has 1 aromatic carbocycles. The lowest BCUT2D eigenvalue weighted by molar-refractivity contribution is -0.133. The molecule has 1 aromatic heterocycles. The molecule has 0 unspecified atom stereocenters. The number of aliphatic carboxylic acids is 1. The van der Waals surface area contributed by atoms with Crippen LogP contribution in [0.4, 0.5) is 5.82 Å². The summed E-state index contributed by atoms with van der Waals surface area (Å²) in [5.74, 6) is -1.50. The number of pyridine rings is 1. The highest BCUT2D eigenvalue weighted by Gasteiger charge is 2.21. The van der Waals surface area contributed by atoms with Crippen molar-refractivity contribution >= 4 is 23.5 Å². The lowest BCUT2D eigenvalue weighted by Crippen LogP contribution is -2.05. The Morgan fingerprint density at radius 3 is 2.57 bits per heavy atom. The van der Waals surface area contributed by atoms with Crippen LogP contribution in [0.15, 0.2) is 29.3 Å². The lowest BCUT2D eigenvalue weighted by atomic mass is 9.97. The summed E-state index contributed by atoms with van der Waals surface area (Å²) in [7, 11) is 0. The van der Waals surface area contributed by atoms with E-state index in [4.69, 9.17) is 10.8 Å². The molecule has 0 radical (unpaired) electrons. The van der Waals surface area contributed by atoms with Gasteiger partial charge in [0.05, 0.1) is 11.3 Å². The molecule has 8 heteroatoms. The Kier molecular flexibility index (Phi) is 4.69. The second-order valence-electron chi connectivity index (χ2n) is 4.38. The van der Waals surface area contributed by atoms with E-state index in [0.717, 1.165) is 11.8 Å². The lowest BCUT2D eigenvalue weighted by Gasteiger charge is -2.12. The number of carbonyl (C=O) groups is 1. The molecule has 0 bridgehead atoms. The monoisotopic (exact) mass is 326 g/mol. The van der Waals surface area contributed by atoms with Crippen molar-refractivity contribution in [1.82, 2.24) is 4.98 Å². The highest BCUT2D eigenvalue weighted by Crippen LogP contribution is 2.36. The summed E-state index contributed by atoms with van der Waals surface area (Å²) in [6.45, 7) is 0. The zero-order valence-electron chi connectivity index (χ0n) is 11.6. The highest BCUT2D eigenvalue weighted by atomic mass is 32.2. The van der Waals surface area contributed by atoms with E-state index in [2.05, 4.69) is 4.98 Å². The van der Waals surface area contributed by atoms with Crippen LogP contribution in [0.2, 0.25) is 0 Å². The van der Waals surface area contributed by atoms with Gasteiger partial charge in [-0.25, -0.2) is 4.98 Å². The minimum absolute atomic E-state index is 0.00632. The summed E-state index contributed by atoms with van der Waals surface area (Å²) in [6.07, 6.45) is 0. The van der Waals surface area contributed by atoms with Gasteiger partial charge in [0.2, 0.25) is 0 Å². The van der Waals surface area contributed by atoms with Crippen LogP contribution in [-0.2, 0) is 4.79 Å². The van der Waals surface area contributed by atoms with Crippen LogP contribution in [0.3, 0.4) is 0 Å². The van der Waals surface area contributed by atoms with Crippen LogP contribution < -0.4 is 5.73 Å². The standard InChI is InChI=1S/C15H10N4O3S/c16-5-10-13(8-2-1-3-9(20)4-8)11(6-17)15(19-14(10)18)23-7-12(21)22/h1-4,20H,7H2,(H2,18,19)(H,21,22). The molecule has 0 aliphatic carbocycles. The van der Waals surface area contributed by atoms with Crippen molar-refractivity contribution in [2.45, 2.75) is 5.03 Å². The summed E-state index contributed by atoms with van der Waals surface area (Å²) in [5.41, 5.74) is 6.48. The van der Waals surface area contributed by atoms with Gasteiger partial charge in [-0.15, -0.1) is 0 Å². The van der Waals surface area contributed by atoms with Crippen molar-refractivity contribution in [3.05, 3.63) is 35.4 Å². The predicted molar refractivity (Wildman–Crippen MR) is 83.5 cm³/mol. The van der Waals surface area contributed by atoms with Gasteiger partial charge in [0.1, 0.15) is 34.3 Å². The first-order valence-corrected chi connectivity index (χ1v) is 7.24. The molecule has 4 N–H and O–H groups in total. The first kappa shape index (κ1) is 16.1. The van der Waals surface area contributed by atoms with E-state index < -0.39 is 5.97 Å². The Morgan fingerprint density at radius 1 is 1.30 bits per heavy atom. The summed E-state index contributed by atoms with van der Waals surface area (Å²) in [4.78, 5) is 14.7. The Balaban J connectivity index is 2.74. The fourth-order valence-electron chi connectivity index (χ4n) is 1.98. The SMILES string of the molecule is N#Cc1c(N)nc(SCC(=O)O)c(C#N)c1-c1cccc(O)c1. The van der Waals surface area contributed by atoms with Gasteiger partial charge in [0.25, 0.3) is 0 Å². The summed E-state index contributed by atoms with van der Waals surface area (Å²) >= 11 is 0.841. The maximum absolute atomic E-state index is 10.7. The van der Waals surface area contributed by atoms with Gasteiger partial charge in [-0.05, 0) is 17.7 Å². The molecule has 0 fully saturated rings. The zero-order chi connectivity index (χ0) is 17.0. The van der Waals surface area contributed by atoms with E-state index in [0.29, 0.717) is 5.56 Å². The minimum atomic E-state index is -1.07. The number of rotatable bonds is 4. The smallest absolute Gasteiger partial charge is 0.313 e. The Labute approximate surface area is 135 Å². The Morgan fingerprint density at radius 2 is 2.00 bits per heavy atom. The van der Waals surface area contributed by atoms with Gasteiger partial charge in [-0.1, -0.05) is 23.9 Å². The van der Waals surface area contributed by atoms with Gasteiger partial charge in [-0.3, -0.25) is 4.79 Å². The van der Waals surface area contributed by atoms with Crippen LogP contribution >= 0.6 is 11.8 Å². The van der Waals surface area contributed by atoms with Gasteiger partial charge >= 0.3 is 5.97 Å². The molecular weight excluding hydrogens is 316 g/mol. The molecule has 0 amide bonds. The van der Waals surface area contributed by atoms with Crippen molar-refractivity contribution in [2.24, 2.45) is 0 Å². The van der Waals surface area contributed by atoms with Crippen LogP contribution in [-0.4, -0.2) is 26.9 Å². The number of carboxylic acid groups (broad SMARTS) is 1. The molecule has 0 aliphatic rings. The first-order valence-electron chi connectivity index (χ1n) is 6.25. The normalized spacial score (nSPS) is 9.83. The maximum atomic E-state index is 10.7. The number of nitriles is 2. The van der Waals surface area contributed by atoms with E-state index in [-0.39, 0.29) is 39.0 Å². The molecule has 7 nitrogen and oxygen atoms in total. The number of nitrogens with two attached hydrogens (primary N) is 1. The number of phenols is 1. The fraction of sp³-hybridized carbons (Fsp3) is 0.0667. The third-order valence-electron chi connectivity index (χ3n) is 2.88. The number of anilines is 1. The Hall–Kier alpha value is -3.23. The van der Waals surface area contributed by atoms with E-state index in [1.165, 1.54) is 12.1 Å². The van der Waals surface area contributed by atoms with E-state index in [1.807, 2.05) is 12.1 Å². The van der Waals surface area contributed by atoms with Crippen molar-refractivity contribution in [2.75, 3.05) is 11.5 Å². The van der Waals surface area contributed by atoms with Gasteiger partial charge in [0, 0.05) is 5.56 Å². The topological polar surface area (TPSA) is 144 Å². The molecule has 0 saturated heterocycles. The summed E-state index contributed by atoms with van der Waals surface area (Å²) in [6, 6.07) is 9.86. The maximum Gasteiger partial charge on any atom is 0.313 e. The highest BCUT2D eigenvalue weighted by molar-refractivity contribution is 7.99. The number of thioether (sulfide) groups is 1. The number of nitrogen functional groups attached to an aromatic ring is 1. The van der Waals surface area contributed by atoms with Crippen LogP contribution in [0.1, 0.15) is 11.1 Å². The van der Waals surface area contributed by atoms with Gasteiger partial charge in [-0.2, -0.15) is 10.5 Å². The molecule has 0 spiro atoms. The third-order valence-corrected chi connectivity index (χ3v) is 3.84. The van der Waals surface area contributed by atoms with E-state index in [9.17, 15) is 20.4 Å². The van der Waals surface area contributed by atoms with Crippen LogP contribution in [0.5, 0.6) is 5.75 Å². The van der Waals surface area contributed by atoms with Crippen LogP contribution in [0, 0.1) is 22.7 Å². The van der Waals surface area contributed by atoms with Crippen molar-refractivity contribution in [3.8, 4) is 29.0 Å². The number of hydrogen-bond acceptors (Lipinski definition) is 7. The number of carboxylic acids is 1. The van der Waals surface area contributed by atoms with Crippen molar-refractivity contribution in [1.29, 1.82) is 10.5 Å². The van der Waals surface area contributed by atoms with E-state index in [1.54, 1.807) is 12.1 Å². The molecule has 0 aliphatic heterocycles. The summed E-state index contributed by atoms with van der Waals surface area (Å²) in [5, 5.41) is 37.3. The molecule has 23 heavy (non-hydrogen) atoms. The number of aromatic nitrogens is 1. The second-order valence-corrected chi connectivity index (χ2v) is 5.35. The number of aromatic hydroxyl groups is 1.